The van der Waals surface area contributed by atoms with E-state index in [1.807, 2.05) is 0 Å². The maximum atomic E-state index is 12.8. The van der Waals surface area contributed by atoms with Crippen molar-refractivity contribution in [2.45, 2.75) is 19.8 Å². The lowest BCUT2D eigenvalue weighted by molar-refractivity contribution is 0.0685. The molecule has 2 nitrogen and oxygen atoms in total. The predicted molar refractivity (Wildman–Crippen MR) is 41.9 cm³/mol. The Bertz CT molecular complexity index is 283. The van der Waals surface area contributed by atoms with E-state index in [0.29, 0.717) is 0 Å². The van der Waals surface area contributed by atoms with Crippen molar-refractivity contribution < 1.29 is 17.2 Å². The third kappa shape index (κ3) is 1.44. The molecule has 6 heteroatoms. The van der Waals surface area contributed by atoms with E-state index in [-0.39, 0.29) is 0 Å². The number of rotatable bonds is 2. The minimum atomic E-state index is -3.81. The first-order valence-corrected chi connectivity index (χ1v) is 5.87. The third-order valence-corrected chi connectivity index (χ3v) is 3.56. The molecule has 0 aromatic carbocycles. The quantitative estimate of drug-likeness (QED) is 0.663. The fraction of sp³-hybridized carbons (Fsp3) is 1.00. The predicted octanol–water partition coefficient (Wildman–Crippen LogP) is 1.85. The summed E-state index contributed by atoms with van der Waals surface area (Å²) in [5.74, 6) is -4.67. The highest BCUT2D eigenvalue weighted by Gasteiger charge is 2.75. The van der Waals surface area contributed by atoms with Crippen molar-refractivity contribution >= 4 is 19.7 Å². The number of halogens is 3. The summed E-state index contributed by atoms with van der Waals surface area (Å²) in [5, 5.41) is 0. The normalized spacial score (nSPS) is 31.6. The number of hydrogen-bond acceptors (Lipinski definition) is 2. The van der Waals surface area contributed by atoms with Gasteiger partial charge in [0, 0.05) is 22.0 Å². The van der Waals surface area contributed by atoms with Crippen LogP contribution in [-0.4, -0.2) is 20.1 Å². The molecule has 1 atom stereocenters. The van der Waals surface area contributed by atoms with Crippen LogP contribution in [0.15, 0.2) is 0 Å². The molecular weight excluding hydrogens is 210 g/mol. The molecule has 1 saturated carbocycles. The summed E-state index contributed by atoms with van der Waals surface area (Å²) in [6, 6.07) is 0. The van der Waals surface area contributed by atoms with E-state index in [9.17, 15) is 17.2 Å². The van der Waals surface area contributed by atoms with Gasteiger partial charge in [0.2, 0.25) is 9.05 Å². The highest BCUT2D eigenvalue weighted by Crippen LogP contribution is 2.65. The van der Waals surface area contributed by atoms with Crippen molar-refractivity contribution in [3.05, 3.63) is 0 Å². The van der Waals surface area contributed by atoms with Gasteiger partial charge in [-0.3, -0.25) is 0 Å². The van der Waals surface area contributed by atoms with E-state index in [1.54, 1.807) is 0 Å². The van der Waals surface area contributed by atoms with Crippen molar-refractivity contribution in [3.63, 3.8) is 0 Å². The van der Waals surface area contributed by atoms with Crippen molar-refractivity contribution in [1.29, 1.82) is 0 Å². The Morgan fingerprint density at radius 1 is 1.42 bits per heavy atom. The highest BCUT2D eigenvalue weighted by atomic mass is 35.7. The highest BCUT2D eigenvalue weighted by molar-refractivity contribution is 8.13. The molecule has 1 rings (SSSR count). The Hall–Kier alpha value is 0.1000. The molecule has 12 heavy (non-hydrogen) atoms. The van der Waals surface area contributed by atoms with Gasteiger partial charge < -0.3 is 0 Å². The summed E-state index contributed by atoms with van der Waals surface area (Å²) in [4.78, 5) is 0. The second kappa shape index (κ2) is 2.32. The topological polar surface area (TPSA) is 34.1 Å². The van der Waals surface area contributed by atoms with Crippen LogP contribution in [0.3, 0.4) is 0 Å². The molecule has 0 aromatic rings. The van der Waals surface area contributed by atoms with Gasteiger partial charge in [-0.25, -0.2) is 17.2 Å². The fourth-order valence-corrected chi connectivity index (χ4v) is 2.67. The van der Waals surface area contributed by atoms with Crippen LogP contribution in [0.2, 0.25) is 0 Å². The van der Waals surface area contributed by atoms with Crippen molar-refractivity contribution in [3.8, 4) is 0 Å². The summed E-state index contributed by atoms with van der Waals surface area (Å²) in [5.41, 5.74) is -1.23. The van der Waals surface area contributed by atoms with Crippen molar-refractivity contribution in [2.75, 3.05) is 5.75 Å². The Kier molecular flexibility index (Phi) is 1.97. The van der Waals surface area contributed by atoms with Crippen molar-refractivity contribution in [2.24, 2.45) is 11.3 Å². The monoisotopic (exact) mass is 218 g/mol. The van der Waals surface area contributed by atoms with Gasteiger partial charge in [-0.15, -0.1) is 0 Å². The molecule has 1 fully saturated rings. The van der Waals surface area contributed by atoms with Crippen LogP contribution in [0.1, 0.15) is 13.8 Å². The van der Waals surface area contributed by atoms with Gasteiger partial charge in [0.05, 0.1) is 5.75 Å². The van der Waals surface area contributed by atoms with Crippen LogP contribution in [0.5, 0.6) is 0 Å². The van der Waals surface area contributed by atoms with Gasteiger partial charge in [-0.2, -0.15) is 0 Å². The molecule has 0 aromatic heterocycles. The third-order valence-electron chi connectivity index (χ3n) is 2.45. The molecule has 1 aliphatic carbocycles. The molecule has 0 bridgehead atoms. The summed E-state index contributed by atoms with van der Waals surface area (Å²) < 4.78 is 46.5. The largest absolute Gasteiger partial charge is 0.258 e. The first-order valence-electron chi connectivity index (χ1n) is 3.39. The summed E-state index contributed by atoms with van der Waals surface area (Å²) in [6.45, 7) is 2.67. The Morgan fingerprint density at radius 2 is 1.75 bits per heavy atom. The molecule has 1 unspecified atom stereocenters. The lowest BCUT2D eigenvalue weighted by atomic mass is 10.1. The average molecular weight is 219 g/mol. The molecule has 0 heterocycles. The standard InChI is InChI=1S/C6H9ClF2O2S/c1-5(2)4(6(5,8)9)3-12(7,10)11/h4H,3H2,1-2H3. The number of hydrogen-bond donors (Lipinski definition) is 0. The SMILES string of the molecule is CC1(C)C(CS(=O)(=O)Cl)C1(F)F. The minimum absolute atomic E-state index is 0.644. The summed E-state index contributed by atoms with van der Waals surface area (Å²) >= 11 is 0. The Morgan fingerprint density at radius 3 is 1.83 bits per heavy atom. The smallest absolute Gasteiger partial charge is 0.212 e. The zero-order valence-electron chi connectivity index (χ0n) is 6.64. The van der Waals surface area contributed by atoms with Crippen LogP contribution < -0.4 is 0 Å². The summed E-state index contributed by atoms with van der Waals surface area (Å²) in [6.07, 6.45) is 0. The number of alkyl halides is 2. The van der Waals surface area contributed by atoms with Crippen LogP contribution >= 0.6 is 10.7 Å². The Balaban J connectivity index is 2.74. The fourth-order valence-electron chi connectivity index (χ4n) is 1.27. The molecule has 0 N–H and O–H groups in total. The second-order valence-corrected chi connectivity index (χ2v) is 6.42. The van der Waals surface area contributed by atoms with Crippen LogP contribution in [0.25, 0.3) is 0 Å². The molecule has 72 valence electrons. The molecular formula is C6H9ClF2O2S. The van der Waals surface area contributed by atoms with E-state index < -0.39 is 32.1 Å². The minimum Gasteiger partial charge on any atom is -0.212 e. The maximum absolute atomic E-state index is 12.8. The first kappa shape index (κ1) is 10.2. The molecule has 0 radical (unpaired) electrons. The van der Waals surface area contributed by atoms with E-state index in [1.165, 1.54) is 13.8 Å². The van der Waals surface area contributed by atoms with E-state index in [0.717, 1.165) is 0 Å². The van der Waals surface area contributed by atoms with Crippen LogP contribution in [0, 0.1) is 11.3 Å². The average Bonchev–Trinajstić information content (AvgIpc) is 2.09. The molecule has 0 amide bonds. The van der Waals surface area contributed by atoms with Crippen LogP contribution in [-0.2, 0) is 9.05 Å². The van der Waals surface area contributed by atoms with E-state index in [2.05, 4.69) is 0 Å². The van der Waals surface area contributed by atoms with Gasteiger partial charge >= 0.3 is 0 Å². The van der Waals surface area contributed by atoms with Gasteiger partial charge in [0.1, 0.15) is 0 Å². The maximum Gasteiger partial charge on any atom is 0.258 e. The van der Waals surface area contributed by atoms with Gasteiger partial charge in [0.25, 0.3) is 5.92 Å². The lowest BCUT2D eigenvalue weighted by Crippen LogP contribution is -2.05. The van der Waals surface area contributed by atoms with E-state index in [4.69, 9.17) is 10.7 Å². The van der Waals surface area contributed by atoms with E-state index >= 15 is 0 Å². The van der Waals surface area contributed by atoms with Crippen molar-refractivity contribution in [1.82, 2.24) is 0 Å². The zero-order chi connectivity index (χ0) is 9.78. The second-order valence-electron chi connectivity index (χ2n) is 3.60. The van der Waals surface area contributed by atoms with Gasteiger partial charge in [-0.1, -0.05) is 13.8 Å². The molecule has 1 aliphatic rings. The first-order chi connectivity index (χ1) is 5.09. The molecule has 0 saturated heterocycles. The van der Waals surface area contributed by atoms with Gasteiger partial charge in [0.15, 0.2) is 0 Å². The summed E-state index contributed by atoms with van der Waals surface area (Å²) in [7, 11) is 1.05. The molecule has 0 aliphatic heterocycles. The zero-order valence-corrected chi connectivity index (χ0v) is 8.22. The lowest BCUT2D eigenvalue weighted by Gasteiger charge is -1.96. The Labute approximate surface area is 74.3 Å². The van der Waals surface area contributed by atoms with Crippen LogP contribution in [0.4, 0.5) is 8.78 Å². The molecule has 0 spiro atoms. The van der Waals surface area contributed by atoms with Gasteiger partial charge in [-0.05, 0) is 0 Å².